The van der Waals surface area contributed by atoms with Gasteiger partial charge in [-0.15, -0.1) is 0 Å². The van der Waals surface area contributed by atoms with Gasteiger partial charge in [0.05, 0.1) is 5.69 Å². The quantitative estimate of drug-likeness (QED) is 0.898. The summed E-state index contributed by atoms with van der Waals surface area (Å²) >= 11 is 0. The number of aromatic nitrogens is 1. The number of rotatable bonds is 4. The lowest BCUT2D eigenvalue weighted by molar-refractivity contribution is -0.147. The standard InChI is InChI=1S/C13H18N2O4/c1-7-9(19-10(14-7)8-5-6-8)11(16)15(4)13(2,3)12(17)18/h8H,5-6H2,1-4H3,(H,17,18). The SMILES string of the molecule is Cc1nc(C2CC2)oc1C(=O)N(C)C(C)(C)C(=O)O. The minimum atomic E-state index is -1.30. The van der Waals surface area contributed by atoms with Crippen molar-refractivity contribution in [1.82, 2.24) is 9.88 Å². The molecule has 0 saturated heterocycles. The van der Waals surface area contributed by atoms with Crippen molar-refractivity contribution in [3.05, 3.63) is 17.3 Å². The summed E-state index contributed by atoms with van der Waals surface area (Å²) in [5.74, 6) is -0.480. The molecule has 1 aromatic heterocycles. The van der Waals surface area contributed by atoms with Crippen LogP contribution in [-0.2, 0) is 4.79 Å². The number of likely N-dealkylation sites (N-methyl/N-ethyl adjacent to an activating group) is 1. The monoisotopic (exact) mass is 266 g/mol. The van der Waals surface area contributed by atoms with Crippen molar-refractivity contribution in [3.8, 4) is 0 Å². The van der Waals surface area contributed by atoms with Gasteiger partial charge in [-0.1, -0.05) is 0 Å². The summed E-state index contributed by atoms with van der Waals surface area (Å²) in [5, 5.41) is 9.14. The Kier molecular flexibility index (Phi) is 3.12. The van der Waals surface area contributed by atoms with Crippen molar-refractivity contribution in [2.75, 3.05) is 7.05 Å². The Labute approximate surface area is 111 Å². The second-order valence-corrected chi connectivity index (χ2v) is 5.47. The number of nitrogens with zero attached hydrogens (tertiary/aromatic N) is 2. The van der Waals surface area contributed by atoms with Crippen molar-refractivity contribution in [2.24, 2.45) is 0 Å². The summed E-state index contributed by atoms with van der Waals surface area (Å²) in [5.41, 5.74) is -0.782. The molecule has 0 unspecified atom stereocenters. The molecule has 6 heteroatoms. The van der Waals surface area contributed by atoms with Gasteiger partial charge >= 0.3 is 5.97 Å². The molecular weight excluding hydrogens is 248 g/mol. The minimum Gasteiger partial charge on any atom is -0.480 e. The van der Waals surface area contributed by atoms with E-state index in [1.165, 1.54) is 25.8 Å². The molecule has 1 aromatic rings. The highest BCUT2D eigenvalue weighted by Gasteiger charge is 2.38. The molecule has 104 valence electrons. The normalized spacial score (nSPS) is 15.4. The van der Waals surface area contributed by atoms with Crippen LogP contribution >= 0.6 is 0 Å². The van der Waals surface area contributed by atoms with Crippen molar-refractivity contribution in [1.29, 1.82) is 0 Å². The number of aryl methyl sites for hydroxylation is 1. The molecule has 1 heterocycles. The summed E-state index contributed by atoms with van der Waals surface area (Å²) in [7, 11) is 1.45. The third kappa shape index (κ3) is 2.34. The topological polar surface area (TPSA) is 83.6 Å². The zero-order valence-electron chi connectivity index (χ0n) is 11.6. The first-order valence-electron chi connectivity index (χ1n) is 6.24. The third-order valence-corrected chi connectivity index (χ3v) is 3.60. The lowest BCUT2D eigenvalue weighted by Gasteiger charge is -2.30. The van der Waals surface area contributed by atoms with E-state index in [9.17, 15) is 9.59 Å². The average Bonchev–Trinajstić information content (AvgIpc) is 3.11. The highest BCUT2D eigenvalue weighted by atomic mass is 16.4. The molecule has 0 spiro atoms. The summed E-state index contributed by atoms with van der Waals surface area (Å²) in [6, 6.07) is 0. The number of carboxylic acids is 1. The van der Waals surface area contributed by atoms with Crippen molar-refractivity contribution >= 4 is 11.9 Å². The van der Waals surface area contributed by atoms with Gasteiger partial charge in [0.25, 0.3) is 5.91 Å². The molecule has 0 aromatic carbocycles. The van der Waals surface area contributed by atoms with Crippen molar-refractivity contribution in [2.45, 2.75) is 45.1 Å². The molecule has 2 rings (SSSR count). The molecule has 0 atom stereocenters. The van der Waals surface area contributed by atoms with Crippen LogP contribution < -0.4 is 0 Å². The van der Waals surface area contributed by atoms with Crippen LogP contribution in [0.25, 0.3) is 0 Å². The van der Waals surface area contributed by atoms with Gasteiger partial charge in [0.15, 0.2) is 5.89 Å². The maximum atomic E-state index is 12.3. The minimum absolute atomic E-state index is 0.138. The van der Waals surface area contributed by atoms with Crippen LogP contribution in [0.4, 0.5) is 0 Å². The first-order chi connectivity index (χ1) is 8.75. The Bertz CT molecular complexity index is 529. The van der Waals surface area contributed by atoms with E-state index >= 15 is 0 Å². The molecule has 1 fully saturated rings. The molecule has 6 nitrogen and oxygen atoms in total. The lowest BCUT2D eigenvalue weighted by Crippen LogP contribution is -2.50. The second kappa shape index (κ2) is 4.36. The number of carboxylic acid groups (broad SMARTS) is 1. The van der Waals surface area contributed by atoms with Crippen LogP contribution in [0, 0.1) is 6.92 Å². The van der Waals surface area contributed by atoms with Gasteiger partial charge in [-0.25, -0.2) is 9.78 Å². The fraction of sp³-hybridized carbons (Fsp3) is 0.615. The van der Waals surface area contributed by atoms with Crippen LogP contribution in [0.15, 0.2) is 4.42 Å². The van der Waals surface area contributed by atoms with Crippen molar-refractivity contribution in [3.63, 3.8) is 0 Å². The van der Waals surface area contributed by atoms with Crippen LogP contribution in [0.5, 0.6) is 0 Å². The molecular formula is C13H18N2O4. The summed E-state index contributed by atoms with van der Waals surface area (Å²) in [4.78, 5) is 28.9. The maximum Gasteiger partial charge on any atom is 0.329 e. The Balaban J connectivity index is 2.26. The van der Waals surface area contributed by atoms with Crippen LogP contribution in [0.3, 0.4) is 0 Å². The third-order valence-electron chi connectivity index (χ3n) is 3.60. The van der Waals surface area contributed by atoms with E-state index in [1.54, 1.807) is 6.92 Å². The number of hydrogen-bond donors (Lipinski definition) is 1. The number of carbonyl (C=O) groups excluding carboxylic acids is 1. The molecule has 19 heavy (non-hydrogen) atoms. The summed E-state index contributed by atoms with van der Waals surface area (Å²) in [6.45, 7) is 4.64. The molecule has 1 saturated carbocycles. The zero-order valence-corrected chi connectivity index (χ0v) is 11.6. The predicted molar refractivity (Wildman–Crippen MR) is 67.0 cm³/mol. The zero-order chi connectivity index (χ0) is 14.4. The molecule has 0 radical (unpaired) electrons. The van der Waals surface area contributed by atoms with Crippen LogP contribution in [-0.4, -0.2) is 39.5 Å². The molecule has 1 aliphatic rings. The van der Waals surface area contributed by atoms with Gasteiger partial charge in [0, 0.05) is 13.0 Å². The molecule has 1 amide bonds. The Morgan fingerprint density at radius 3 is 2.47 bits per heavy atom. The summed E-state index contributed by atoms with van der Waals surface area (Å²) < 4.78 is 5.50. The maximum absolute atomic E-state index is 12.3. The highest BCUT2D eigenvalue weighted by molar-refractivity contribution is 5.96. The van der Waals surface area contributed by atoms with E-state index in [0.717, 1.165) is 12.8 Å². The number of aliphatic carboxylic acids is 1. The van der Waals surface area contributed by atoms with Gasteiger partial charge in [0.2, 0.25) is 5.76 Å². The van der Waals surface area contributed by atoms with E-state index in [0.29, 0.717) is 17.5 Å². The van der Waals surface area contributed by atoms with Crippen LogP contribution in [0.2, 0.25) is 0 Å². The van der Waals surface area contributed by atoms with Gasteiger partial charge in [-0.05, 0) is 33.6 Å². The fourth-order valence-electron chi connectivity index (χ4n) is 1.67. The van der Waals surface area contributed by atoms with Gasteiger partial charge in [-0.2, -0.15) is 0 Å². The Hall–Kier alpha value is -1.85. The molecule has 1 aliphatic carbocycles. The summed E-state index contributed by atoms with van der Waals surface area (Å²) in [6.07, 6.45) is 2.06. The van der Waals surface area contributed by atoms with E-state index in [4.69, 9.17) is 9.52 Å². The van der Waals surface area contributed by atoms with Gasteiger partial charge in [0.1, 0.15) is 5.54 Å². The number of amides is 1. The fourth-order valence-corrected chi connectivity index (χ4v) is 1.67. The van der Waals surface area contributed by atoms with Gasteiger partial charge < -0.3 is 14.4 Å². The smallest absolute Gasteiger partial charge is 0.329 e. The van der Waals surface area contributed by atoms with E-state index in [1.807, 2.05) is 0 Å². The van der Waals surface area contributed by atoms with Crippen LogP contribution in [0.1, 0.15) is 54.7 Å². The lowest BCUT2D eigenvalue weighted by atomic mass is 10.0. The first kappa shape index (κ1) is 13.6. The highest BCUT2D eigenvalue weighted by Crippen LogP contribution is 2.40. The average molecular weight is 266 g/mol. The number of hydrogen-bond acceptors (Lipinski definition) is 4. The molecule has 1 N–H and O–H groups in total. The Morgan fingerprint density at radius 2 is 2.00 bits per heavy atom. The van der Waals surface area contributed by atoms with Crippen molar-refractivity contribution < 1.29 is 19.1 Å². The predicted octanol–water partition coefficient (Wildman–Crippen LogP) is 1.80. The number of oxazole rings is 1. The molecule has 0 aliphatic heterocycles. The molecule has 0 bridgehead atoms. The first-order valence-corrected chi connectivity index (χ1v) is 6.24. The second-order valence-electron chi connectivity index (χ2n) is 5.47. The number of carbonyl (C=O) groups is 2. The van der Waals surface area contributed by atoms with E-state index in [2.05, 4.69) is 4.98 Å². The Morgan fingerprint density at radius 1 is 1.42 bits per heavy atom. The van der Waals surface area contributed by atoms with Gasteiger partial charge in [-0.3, -0.25) is 4.79 Å². The van der Waals surface area contributed by atoms with E-state index < -0.39 is 17.4 Å². The largest absolute Gasteiger partial charge is 0.480 e. The van der Waals surface area contributed by atoms with E-state index in [-0.39, 0.29) is 5.76 Å².